The molecule has 0 saturated carbocycles. The van der Waals surface area contributed by atoms with Gasteiger partial charge in [-0.05, 0) is 49.2 Å². The molecule has 4 N–H and O–H groups in total. The molecule has 2 rings (SSSR count). The Morgan fingerprint density at radius 3 is 2.52 bits per heavy atom. The Morgan fingerprint density at radius 2 is 1.90 bits per heavy atom. The average Bonchev–Trinajstić information content (AvgIpc) is 2.39. The molecule has 5 nitrogen and oxygen atoms in total. The predicted molar refractivity (Wildman–Crippen MR) is 82.7 cm³/mol. The molecule has 0 saturated heterocycles. The van der Waals surface area contributed by atoms with E-state index in [1.807, 2.05) is 13.0 Å². The number of anilines is 1. The van der Waals surface area contributed by atoms with Gasteiger partial charge in [0.2, 0.25) is 10.0 Å². The number of aromatic hydroxyl groups is 1. The maximum atomic E-state index is 11.5. The summed E-state index contributed by atoms with van der Waals surface area (Å²) >= 11 is 0. The quantitative estimate of drug-likeness (QED) is 0.809. The minimum atomic E-state index is -3.74. The Kier molecular flexibility index (Phi) is 4.20. The van der Waals surface area contributed by atoms with Crippen LogP contribution in [0.15, 0.2) is 47.4 Å². The zero-order chi connectivity index (χ0) is 15.6. The highest BCUT2D eigenvalue weighted by Crippen LogP contribution is 2.25. The summed E-state index contributed by atoms with van der Waals surface area (Å²) in [5.74, 6) is 0.190. The molecule has 2 aromatic rings. The molecule has 0 aliphatic carbocycles. The van der Waals surface area contributed by atoms with Crippen LogP contribution in [0.2, 0.25) is 0 Å². The third-order valence-corrected chi connectivity index (χ3v) is 4.30. The van der Waals surface area contributed by atoms with Crippen LogP contribution in [0.1, 0.15) is 24.1 Å². The normalized spacial score (nSPS) is 12.9. The minimum Gasteiger partial charge on any atom is -0.508 e. The van der Waals surface area contributed by atoms with Crippen molar-refractivity contribution in [3.8, 4) is 5.75 Å². The van der Waals surface area contributed by atoms with E-state index in [2.05, 4.69) is 5.32 Å². The predicted octanol–water partition coefficient (Wildman–Crippen LogP) is 2.52. The second kappa shape index (κ2) is 5.75. The molecule has 0 radical (unpaired) electrons. The Balaban J connectivity index is 2.28. The summed E-state index contributed by atoms with van der Waals surface area (Å²) < 4.78 is 23.0. The lowest BCUT2D eigenvalue weighted by Crippen LogP contribution is -2.14. The van der Waals surface area contributed by atoms with Gasteiger partial charge in [-0.1, -0.05) is 18.2 Å². The monoisotopic (exact) mass is 306 g/mol. The number of hydrogen-bond acceptors (Lipinski definition) is 4. The molecule has 0 spiro atoms. The highest BCUT2D eigenvalue weighted by atomic mass is 32.2. The zero-order valence-corrected chi connectivity index (χ0v) is 12.7. The number of nitrogens with two attached hydrogens (primary N) is 1. The lowest BCUT2D eigenvalue weighted by atomic mass is 10.1. The summed E-state index contributed by atoms with van der Waals surface area (Å²) in [5.41, 5.74) is 2.15. The molecule has 0 bridgehead atoms. The number of hydrogen-bond donors (Lipinski definition) is 3. The molecule has 0 aliphatic heterocycles. The first-order chi connectivity index (χ1) is 9.77. The van der Waals surface area contributed by atoms with Crippen molar-refractivity contribution in [3.63, 3.8) is 0 Å². The zero-order valence-electron chi connectivity index (χ0n) is 11.9. The number of phenols is 1. The third-order valence-electron chi connectivity index (χ3n) is 3.25. The summed E-state index contributed by atoms with van der Waals surface area (Å²) in [5, 5.41) is 17.9. The van der Waals surface area contributed by atoms with Crippen molar-refractivity contribution >= 4 is 15.7 Å². The smallest absolute Gasteiger partial charge is 0.238 e. The van der Waals surface area contributed by atoms with Crippen LogP contribution in [0, 0.1) is 6.92 Å². The van der Waals surface area contributed by atoms with E-state index in [9.17, 15) is 13.5 Å². The van der Waals surface area contributed by atoms with Gasteiger partial charge < -0.3 is 10.4 Å². The summed E-state index contributed by atoms with van der Waals surface area (Å²) in [6, 6.07) is 11.8. The van der Waals surface area contributed by atoms with Crippen LogP contribution in [0.25, 0.3) is 0 Å². The molecule has 1 unspecified atom stereocenters. The van der Waals surface area contributed by atoms with Crippen LogP contribution < -0.4 is 10.5 Å². The molecule has 21 heavy (non-hydrogen) atoms. The average molecular weight is 306 g/mol. The maximum absolute atomic E-state index is 11.5. The van der Waals surface area contributed by atoms with Crippen LogP contribution in [0.5, 0.6) is 5.75 Å². The Hall–Kier alpha value is -2.05. The van der Waals surface area contributed by atoms with Gasteiger partial charge in [-0.2, -0.15) is 0 Å². The molecular weight excluding hydrogens is 288 g/mol. The molecule has 6 heteroatoms. The molecule has 0 amide bonds. The van der Waals surface area contributed by atoms with E-state index in [1.165, 1.54) is 6.07 Å². The summed E-state index contributed by atoms with van der Waals surface area (Å²) in [4.78, 5) is 0.107. The van der Waals surface area contributed by atoms with Gasteiger partial charge >= 0.3 is 0 Å². The molecule has 0 fully saturated rings. The van der Waals surface area contributed by atoms with Gasteiger partial charge in [0.15, 0.2) is 0 Å². The summed E-state index contributed by atoms with van der Waals surface area (Å²) in [7, 11) is -3.74. The fourth-order valence-corrected chi connectivity index (χ4v) is 2.93. The topological polar surface area (TPSA) is 92.4 Å². The molecule has 112 valence electrons. The van der Waals surface area contributed by atoms with E-state index in [-0.39, 0.29) is 16.7 Å². The number of sulfonamides is 1. The van der Waals surface area contributed by atoms with Crippen molar-refractivity contribution in [1.82, 2.24) is 0 Å². The van der Waals surface area contributed by atoms with Crippen molar-refractivity contribution in [2.75, 3.05) is 5.32 Å². The van der Waals surface area contributed by atoms with E-state index in [0.717, 1.165) is 5.56 Å². The van der Waals surface area contributed by atoms with Gasteiger partial charge in [0.1, 0.15) is 5.75 Å². The number of benzene rings is 2. The fourth-order valence-electron chi connectivity index (χ4n) is 2.12. The second-order valence-corrected chi connectivity index (χ2v) is 6.52. The summed E-state index contributed by atoms with van der Waals surface area (Å²) in [6.45, 7) is 3.62. The van der Waals surface area contributed by atoms with Crippen molar-refractivity contribution in [2.24, 2.45) is 5.14 Å². The van der Waals surface area contributed by atoms with Crippen molar-refractivity contribution < 1.29 is 13.5 Å². The highest BCUT2D eigenvalue weighted by Gasteiger charge is 2.13. The molecule has 2 aromatic carbocycles. The number of aryl methyl sites for hydroxylation is 1. The first kappa shape index (κ1) is 15.3. The first-order valence-corrected chi connectivity index (χ1v) is 8.01. The fraction of sp³-hybridized carbons (Fsp3) is 0.200. The molecule has 0 aliphatic rings. The maximum Gasteiger partial charge on any atom is 0.238 e. The van der Waals surface area contributed by atoms with Gasteiger partial charge in [0.25, 0.3) is 0 Å². The van der Waals surface area contributed by atoms with Crippen LogP contribution in [-0.4, -0.2) is 13.5 Å². The molecular formula is C15H18N2O3S. The Morgan fingerprint density at radius 1 is 1.19 bits per heavy atom. The Bertz CT molecular complexity index is 757. The van der Waals surface area contributed by atoms with Crippen LogP contribution >= 0.6 is 0 Å². The number of nitrogens with one attached hydrogen (secondary N) is 1. The van der Waals surface area contributed by atoms with E-state index >= 15 is 0 Å². The van der Waals surface area contributed by atoms with E-state index in [1.54, 1.807) is 37.3 Å². The summed E-state index contributed by atoms with van der Waals surface area (Å²) in [6.07, 6.45) is 0. The highest BCUT2D eigenvalue weighted by molar-refractivity contribution is 7.89. The van der Waals surface area contributed by atoms with Gasteiger partial charge in [0.05, 0.1) is 4.90 Å². The lowest BCUT2D eigenvalue weighted by Gasteiger charge is -2.17. The van der Waals surface area contributed by atoms with Crippen LogP contribution in [-0.2, 0) is 10.0 Å². The second-order valence-electron chi connectivity index (χ2n) is 4.99. The van der Waals surface area contributed by atoms with Crippen molar-refractivity contribution in [1.29, 1.82) is 0 Å². The standard InChI is InChI=1S/C15H18N2O3S/c1-10-6-7-13(9-15(10)21(16,19)20)17-11(2)12-4-3-5-14(18)8-12/h3-9,11,17-18H,1-2H3,(H2,16,19,20). The Labute approximate surface area is 124 Å². The molecule has 0 heterocycles. The number of primary sulfonamides is 1. The van der Waals surface area contributed by atoms with Crippen LogP contribution in [0.3, 0.4) is 0 Å². The SMILES string of the molecule is Cc1ccc(NC(C)c2cccc(O)c2)cc1S(N)(=O)=O. The first-order valence-electron chi connectivity index (χ1n) is 6.46. The molecule has 0 aromatic heterocycles. The number of rotatable bonds is 4. The lowest BCUT2D eigenvalue weighted by molar-refractivity contribution is 0.474. The third kappa shape index (κ3) is 3.74. The molecule has 1 atom stereocenters. The van der Waals surface area contributed by atoms with Gasteiger partial charge in [-0.25, -0.2) is 13.6 Å². The van der Waals surface area contributed by atoms with Crippen LogP contribution in [0.4, 0.5) is 5.69 Å². The largest absolute Gasteiger partial charge is 0.508 e. The van der Waals surface area contributed by atoms with Gasteiger partial charge in [-0.3, -0.25) is 0 Å². The van der Waals surface area contributed by atoms with Gasteiger partial charge in [0, 0.05) is 11.7 Å². The minimum absolute atomic E-state index is 0.0897. The van der Waals surface area contributed by atoms with E-state index in [0.29, 0.717) is 11.3 Å². The van der Waals surface area contributed by atoms with E-state index < -0.39 is 10.0 Å². The van der Waals surface area contributed by atoms with E-state index in [4.69, 9.17) is 5.14 Å². The van der Waals surface area contributed by atoms with Crippen molar-refractivity contribution in [2.45, 2.75) is 24.8 Å². The number of phenolic OH excluding ortho intramolecular Hbond substituents is 1. The van der Waals surface area contributed by atoms with Gasteiger partial charge in [-0.15, -0.1) is 0 Å². The van der Waals surface area contributed by atoms with Crippen molar-refractivity contribution in [3.05, 3.63) is 53.6 Å².